The molecule has 35 nitrogen and oxygen atoms in total. The Morgan fingerprint density at radius 1 is 0.688 bits per heavy atom. The third-order valence-corrected chi connectivity index (χ3v) is 19.4. The Balaban J connectivity index is 1.47. The van der Waals surface area contributed by atoms with E-state index in [0.717, 1.165) is 0 Å². The molecule has 1 aliphatic rings. The van der Waals surface area contributed by atoms with Crippen LogP contribution < -0.4 is 92.1 Å². The Kier molecular flexibility index (Phi) is 39.8. The van der Waals surface area contributed by atoms with Crippen LogP contribution in [0.3, 0.4) is 0 Å². The van der Waals surface area contributed by atoms with E-state index in [4.69, 9.17) is 28.3 Å². The molecule has 3 aromatic carbocycles. The number of pyridine rings is 1. The van der Waals surface area contributed by atoms with Crippen molar-refractivity contribution in [3.8, 4) is 0 Å². The molecule has 0 unspecified atom stereocenters. The summed E-state index contributed by atoms with van der Waals surface area (Å²) in [4.78, 5) is 190. The van der Waals surface area contributed by atoms with Crippen LogP contribution in [0.5, 0.6) is 0 Å². The molecule has 2 heterocycles. The van der Waals surface area contributed by atoms with E-state index in [0.29, 0.717) is 45.2 Å². The monoisotopic (exact) mass is 1590 g/mol. The zero-order chi connectivity index (χ0) is 82.4. The van der Waals surface area contributed by atoms with Crippen LogP contribution in [-0.4, -0.2) is 241 Å². The SMILES string of the molecule is CNC(=O)c1ccccc1Sc1ccc(C(=N)/C=C/c2ccccn2)c(NC(=O)N(CCC(=O)N[C@H](C(=O)N[C@@H](CCN)C(=O)N[C@H]2CCNC(=O)[C@H]([C@@H](C)O)NC(=O)[C@H](CCN)NC(=O)[C@H](CCN)NC(=O)[C@H](CC(C)C)NC(=O)[C@@H](Cc3ccccc3)NC(=O)[C@H](CCN)NC2=O)[C@@H](C)O)C[C@H](CCSC)NC=O)c1. The molecule has 0 spiro atoms. The fourth-order valence-corrected chi connectivity index (χ4v) is 13.2. The van der Waals surface area contributed by atoms with E-state index in [1.165, 1.54) is 55.4 Å². The second-order valence-electron chi connectivity index (χ2n) is 26.9. The van der Waals surface area contributed by atoms with Gasteiger partial charge >= 0.3 is 6.03 Å². The molecule has 112 heavy (non-hydrogen) atoms. The van der Waals surface area contributed by atoms with Gasteiger partial charge in [-0.05, 0) is 163 Å². The lowest BCUT2D eigenvalue weighted by Gasteiger charge is -2.29. The highest BCUT2D eigenvalue weighted by Crippen LogP contribution is 2.34. The first-order valence-electron chi connectivity index (χ1n) is 36.8. The number of aliphatic hydroxyl groups excluding tert-OH is 2. The first-order chi connectivity index (χ1) is 53.6. The molecule has 24 N–H and O–H groups in total. The molecule has 1 saturated heterocycles. The minimum atomic E-state index is -1.81. The summed E-state index contributed by atoms with van der Waals surface area (Å²) in [6.45, 7) is 4.03. The summed E-state index contributed by atoms with van der Waals surface area (Å²) in [5.74, 6) is -9.73. The highest BCUT2D eigenvalue weighted by Gasteiger charge is 2.38. The number of aromatic nitrogens is 1. The molecule has 0 saturated carbocycles. The van der Waals surface area contributed by atoms with E-state index < -0.39 is 157 Å². The van der Waals surface area contributed by atoms with Crippen LogP contribution in [0.1, 0.15) is 106 Å². The van der Waals surface area contributed by atoms with Crippen LogP contribution in [0.4, 0.5) is 10.5 Å². The number of nitrogens with zero attached hydrogens (tertiary/aromatic N) is 2. The number of anilines is 1. The van der Waals surface area contributed by atoms with Crippen molar-refractivity contribution in [2.24, 2.45) is 28.9 Å². The number of thioether (sulfide) groups is 1. The number of carbonyl (C=O) groups is 13. The van der Waals surface area contributed by atoms with Crippen LogP contribution in [0, 0.1) is 11.3 Å². The minimum absolute atomic E-state index is 0.0179. The lowest BCUT2D eigenvalue weighted by molar-refractivity contribution is -0.136. The van der Waals surface area contributed by atoms with Crippen LogP contribution in [-0.2, 0) is 59.2 Å². The Labute approximate surface area is 659 Å². The van der Waals surface area contributed by atoms with Gasteiger partial charge in [-0.25, -0.2) is 4.79 Å². The molecule has 5 rings (SSSR count). The minimum Gasteiger partial charge on any atom is -0.391 e. The van der Waals surface area contributed by atoms with E-state index in [1.807, 2.05) is 6.26 Å². The maximum atomic E-state index is 14.8. The highest BCUT2D eigenvalue weighted by molar-refractivity contribution is 7.99. The smallest absolute Gasteiger partial charge is 0.321 e. The van der Waals surface area contributed by atoms with Gasteiger partial charge in [0.25, 0.3) is 5.91 Å². The van der Waals surface area contributed by atoms with Crippen molar-refractivity contribution >= 4 is 118 Å². The molecule has 0 radical (unpaired) electrons. The van der Waals surface area contributed by atoms with Gasteiger partial charge in [-0.3, -0.25) is 62.5 Å². The number of carbonyl (C=O) groups excluding carboxylic acids is 13. The quantitative estimate of drug-likeness (QED) is 0.0175. The standard InChI is InChI=1S/C75H108N20O15S2/c1-43(2)38-59-71(106)87-53(23-30-76)66(101)86-56(26-33-79)70(105)94-63(44(3)97)73(108)83-35-27-57(69(104)85-54(24-31-77)68(103)91-60(72(107)90-59)39-46-14-8-7-9-15-46)88-67(102)55(25-32-78)89-74(109)64(45(4)98)93-62(99)28-36-95(41-48(84-42-96)29-37-111-6)75(110)92-58-40-49(112-61-18-11-10-17-51(61)65(100)81-5)20-21-50(58)52(80)22-19-47-16-12-13-34-82-47/h7-22,34,40,42-45,48,53-57,59-60,63-64,80,97-98H,23-33,35-39,41,76-79H2,1-6H3,(H,81,100)(H,83,108)(H,84,96)(H,85,104)(H,86,101)(H,87,106)(H,88,102)(H,89,109)(H,90,107)(H,91,103)(H,92,110)(H,93,99)(H,94,105)/b22-19+,80-52?/t44-,45-,48+,53+,54+,55+,56+,57+,59+,60-,63+,64+/m1/s1. The summed E-state index contributed by atoms with van der Waals surface area (Å²) in [7, 11) is 1.50. The second kappa shape index (κ2) is 48.4. The molecular weight excluding hydrogens is 1490 g/mol. The maximum Gasteiger partial charge on any atom is 0.321 e. The van der Waals surface area contributed by atoms with Crippen molar-refractivity contribution in [1.82, 2.24) is 73.7 Å². The van der Waals surface area contributed by atoms with Crippen molar-refractivity contribution in [1.29, 1.82) is 5.41 Å². The summed E-state index contributed by atoms with van der Waals surface area (Å²) in [5.41, 5.74) is 25.7. The molecule has 1 aliphatic heterocycles. The van der Waals surface area contributed by atoms with E-state index in [-0.39, 0.29) is 107 Å². The Morgan fingerprint density at radius 3 is 1.88 bits per heavy atom. The second-order valence-corrected chi connectivity index (χ2v) is 29.0. The number of allylic oxidation sites excluding steroid dienone is 1. The molecule has 1 fully saturated rings. The number of hydrogen-bond donors (Lipinski definition) is 20. The molecule has 610 valence electrons. The maximum absolute atomic E-state index is 14.8. The summed E-state index contributed by atoms with van der Waals surface area (Å²) < 4.78 is 0. The first-order valence-corrected chi connectivity index (χ1v) is 39.1. The van der Waals surface area contributed by atoms with E-state index >= 15 is 0 Å². The number of nitrogens with two attached hydrogens (primary N) is 4. The number of nitrogens with one attached hydrogen (secondary N) is 14. The van der Waals surface area contributed by atoms with Gasteiger partial charge in [0, 0.05) is 67.1 Å². The predicted octanol–water partition coefficient (Wildman–Crippen LogP) is -1.91. The Hall–Kier alpha value is -10.4. The van der Waals surface area contributed by atoms with Gasteiger partial charge in [0.15, 0.2) is 0 Å². The fraction of sp³-hybridized carbons (Fsp3) is 0.480. The van der Waals surface area contributed by atoms with Gasteiger partial charge in [-0.15, -0.1) is 0 Å². The lowest BCUT2D eigenvalue weighted by atomic mass is 10.00. The zero-order valence-corrected chi connectivity index (χ0v) is 65.4. The van der Waals surface area contributed by atoms with Crippen LogP contribution in [0.2, 0.25) is 0 Å². The van der Waals surface area contributed by atoms with Crippen LogP contribution in [0.25, 0.3) is 6.08 Å². The van der Waals surface area contributed by atoms with Gasteiger partial charge in [-0.2, -0.15) is 11.8 Å². The molecule has 1 aromatic heterocycles. The first kappa shape index (κ1) is 92.2. The van der Waals surface area contributed by atoms with Crippen LogP contribution >= 0.6 is 23.5 Å². The number of aliphatic hydroxyl groups is 2. The van der Waals surface area contributed by atoms with Gasteiger partial charge in [0.05, 0.1) is 34.9 Å². The van der Waals surface area contributed by atoms with E-state index in [2.05, 4.69) is 74.1 Å². The summed E-state index contributed by atoms with van der Waals surface area (Å²) >= 11 is 2.70. The fourth-order valence-electron chi connectivity index (χ4n) is 11.6. The van der Waals surface area contributed by atoms with Gasteiger partial charge < -0.3 is 113 Å². The van der Waals surface area contributed by atoms with E-state index in [9.17, 15) is 72.5 Å². The third-order valence-electron chi connectivity index (χ3n) is 17.6. The summed E-state index contributed by atoms with van der Waals surface area (Å²) in [6, 6.07) is 10.0. The average Bonchev–Trinajstić information content (AvgIpc) is 0.887. The Morgan fingerprint density at radius 2 is 1.29 bits per heavy atom. The zero-order valence-electron chi connectivity index (χ0n) is 63.7. The molecule has 4 aromatic rings. The van der Waals surface area contributed by atoms with E-state index in [1.54, 1.807) is 117 Å². The molecule has 0 aliphatic carbocycles. The molecule has 14 amide bonds. The lowest BCUT2D eigenvalue weighted by Crippen LogP contribution is -2.61. The van der Waals surface area contributed by atoms with Crippen LogP contribution in [0.15, 0.2) is 113 Å². The largest absolute Gasteiger partial charge is 0.391 e. The molecule has 12 atom stereocenters. The van der Waals surface area contributed by atoms with Gasteiger partial charge in [0.2, 0.25) is 65.5 Å². The molecule has 37 heteroatoms. The van der Waals surface area contributed by atoms with Crippen molar-refractivity contribution in [3.63, 3.8) is 0 Å². The number of hydrogen-bond acceptors (Lipinski definition) is 23. The molecular formula is C75H108N20O15S2. The normalized spacial score (nSPS) is 19.7. The topological polar surface area (TPSA) is 563 Å². The predicted molar refractivity (Wildman–Crippen MR) is 424 cm³/mol. The average molecular weight is 1590 g/mol. The molecule has 0 bridgehead atoms. The van der Waals surface area contributed by atoms with Crippen molar-refractivity contribution in [3.05, 3.63) is 126 Å². The van der Waals surface area contributed by atoms with Crippen molar-refractivity contribution in [2.45, 2.75) is 168 Å². The van der Waals surface area contributed by atoms with Gasteiger partial charge in [0.1, 0.15) is 54.4 Å². The Bertz CT molecular complexity index is 3860. The number of amides is 14. The van der Waals surface area contributed by atoms with Crippen molar-refractivity contribution < 1.29 is 72.5 Å². The number of urea groups is 1. The number of rotatable bonds is 36. The summed E-state index contributed by atoms with van der Waals surface area (Å²) in [5, 5.41) is 65.1. The van der Waals surface area contributed by atoms with Gasteiger partial charge in [-0.1, -0.05) is 74.1 Å². The number of benzene rings is 3. The summed E-state index contributed by atoms with van der Waals surface area (Å²) in [6.07, 6.45) is 1.97. The third kappa shape index (κ3) is 30.4. The van der Waals surface area contributed by atoms with Crippen molar-refractivity contribution in [2.75, 3.05) is 70.2 Å². The highest BCUT2D eigenvalue weighted by atomic mass is 32.2.